The molecule has 0 atom stereocenters. The van der Waals surface area contributed by atoms with Gasteiger partial charge in [0.05, 0.1) is 5.52 Å². The van der Waals surface area contributed by atoms with Crippen LogP contribution in [0.2, 0.25) is 5.02 Å². The van der Waals surface area contributed by atoms with Crippen molar-refractivity contribution in [1.29, 1.82) is 0 Å². The van der Waals surface area contributed by atoms with Gasteiger partial charge in [-0.3, -0.25) is 4.79 Å². The molecular weight excluding hydrogens is 330 g/mol. The smallest absolute Gasteiger partial charge is 0.352 e. The summed E-state index contributed by atoms with van der Waals surface area (Å²) in [5.74, 6) is -0.187. The molecule has 0 radical (unpaired) electrons. The van der Waals surface area contributed by atoms with Crippen LogP contribution in [0.3, 0.4) is 0 Å². The maximum Gasteiger partial charge on any atom is 0.352 e. The fourth-order valence-electron chi connectivity index (χ4n) is 3.21. The van der Waals surface area contributed by atoms with Crippen LogP contribution >= 0.6 is 11.6 Å². The number of fused-ring (bicyclic) bond motifs is 3. The van der Waals surface area contributed by atoms with E-state index in [4.69, 9.17) is 11.6 Å². The van der Waals surface area contributed by atoms with Gasteiger partial charge in [-0.15, -0.1) is 5.10 Å². The highest BCUT2D eigenvalue weighted by Crippen LogP contribution is 2.20. The summed E-state index contributed by atoms with van der Waals surface area (Å²) in [6.07, 6.45) is 5.69. The summed E-state index contributed by atoms with van der Waals surface area (Å²) in [7, 11) is 0. The molecule has 0 spiro atoms. The fourth-order valence-corrected chi connectivity index (χ4v) is 3.38. The molecule has 124 valence electrons. The van der Waals surface area contributed by atoms with Crippen LogP contribution in [0.5, 0.6) is 0 Å². The monoisotopic (exact) mass is 345 g/mol. The van der Waals surface area contributed by atoms with Crippen molar-refractivity contribution in [3.05, 3.63) is 40.0 Å². The normalized spacial score (nSPS) is 15.4. The number of carbonyl (C=O) groups excluding carboxylic acids is 1. The molecule has 0 bridgehead atoms. The van der Waals surface area contributed by atoms with E-state index in [1.54, 1.807) is 18.2 Å². The van der Waals surface area contributed by atoms with Gasteiger partial charge in [0.1, 0.15) is 12.9 Å². The highest BCUT2D eigenvalue weighted by molar-refractivity contribution is 6.31. The van der Waals surface area contributed by atoms with Crippen LogP contribution in [0, 0.1) is 0 Å². The molecule has 1 N–H and O–H groups in total. The first-order valence-corrected chi connectivity index (χ1v) is 8.32. The largest absolute Gasteiger partial charge is 0.352 e. The van der Waals surface area contributed by atoms with Crippen molar-refractivity contribution in [2.45, 2.75) is 38.3 Å². The number of nitrogens with one attached hydrogen (secondary N) is 1. The van der Waals surface area contributed by atoms with Crippen molar-refractivity contribution in [3.8, 4) is 0 Å². The minimum Gasteiger partial charge on any atom is -0.352 e. The molecule has 8 heteroatoms. The van der Waals surface area contributed by atoms with Crippen LogP contribution in [0.1, 0.15) is 25.7 Å². The topological polar surface area (TPSA) is 81.3 Å². The molecule has 1 aliphatic carbocycles. The van der Waals surface area contributed by atoms with Gasteiger partial charge in [0.15, 0.2) is 5.65 Å². The lowest BCUT2D eigenvalue weighted by molar-refractivity contribution is -0.122. The number of aromatic nitrogens is 4. The van der Waals surface area contributed by atoms with Crippen LogP contribution in [0.25, 0.3) is 16.6 Å². The Hall–Kier alpha value is -2.41. The van der Waals surface area contributed by atoms with Crippen molar-refractivity contribution >= 4 is 34.1 Å². The minimum atomic E-state index is -0.379. The summed E-state index contributed by atoms with van der Waals surface area (Å²) in [5, 5.41) is 8.55. The van der Waals surface area contributed by atoms with Gasteiger partial charge in [-0.05, 0) is 31.0 Å². The lowest BCUT2D eigenvalue weighted by Crippen LogP contribution is -2.37. The number of hydrogen-bond donors (Lipinski definition) is 1. The molecule has 24 heavy (non-hydrogen) atoms. The standard InChI is InChI=1S/C16H16ClN5O2/c17-10-5-6-12-13(7-10)18-9-21-15(12)20-22(16(21)24)8-14(23)19-11-3-1-2-4-11/h5-7,9,11H,1-4,8H2,(H,19,23). The Bertz CT molecular complexity index is 987. The van der Waals surface area contributed by atoms with Crippen LogP contribution in [0.4, 0.5) is 0 Å². The molecule has 0 unspecified atom stereocenters. The van der Waals surface area contributed by atoms with Crippen molar-refractivity contribution in [2.75, 3.05) is 0 Å². The molecule has 1 fully saturated rings. The van der Waals surface area contributed by atoms with Crippen LogP contribution in [-0.4, -0.2) is 31.1 Å². The summed E-state index contributed by atoms with van der Waals surface area (Å²) in [5.41, 5.74) is 0.744. The van der Waals surface area contributed by atoms with E-state index in [0.717, 1.165) is 25.7 Å². The first-order valence-electron chi connectivity index (χ1n) is 7.94. The van der Waals surface area contributed by atoms with Gasteiger partial charge < -0.3 is 5.32 Å². The van der Waals surface area contributed by atoms with E-state index >= 15 is 0 Å². The molecule has 1 aromatic carbocycles. The third-order valence-corrected chi connectivity index (χ3v) is 4.63. The predicted molar refractivity (Wildman–Crippen MR) is 90.2 cm³/mol. The van der Waals surface area contributed by atoms with E-state index in [0.29, 0.717) is 21.6 Å². The van der Waals surface area contributed by atoms with Crippen LogP contribution < -0.4 is 11.0 Å². The fraction of sp³-hybridized carbons (Fsp3) is 0.375. The Morgan fingerprint density at radius 2 is 2.12 bits per heavy atom. The number of benzene rings is 1. The number of nitrogens with zero attached hydrogens (tertiary/aromatic N) is 4. The van der Waals surface area contributed by atoms with Gasteiger partial charge in [-0.25, -0.2) is 18.9 Å². The van der Waals surface area contributed by atoms with E-state index in [-0.39, 0.29) is 24.2 Å². The summed E-state index contributed by atoms with van der Waals surface area (Å²) < 4.78 is 2.52. The second-order valence-electron chi connectivity index (χ2n) is 6.09. The van der Waals surface area contributed by atoms with E-state index < -0.39 is 0 Å². The number of amides is 1. The predicted octanol–water partition coefficient (Wildman–Crippen LogP) is 1.76. The van der Waals surface area contributed by atoms with Gasteiger partial charge in [0.25, 0.3) is 0 Å². The Kier molecular flexibility index (Phi) is 3.72. The third-order valence-electron chi connectivity index (χ3n) is 4.40. The first kappa shape index (κ1) is 15.1. The number of carbonyl (C=O) groups is 1. The molecule has 2 aromatic heterocycles. The van der Waals surface area contributed by atoms with Gasteiger partial charge in [-0.2, -0.15) is 0 Å². The lowest BCUT2D eigenvalue weighted by Gasteiger charge is -2.10. The van der Waals surface area contributed by atoms with E-state index in [9.17, 15) is 9.59 Å². The second kappa shape index (κ2) is 5.90. The van der Waals surface area contributed by atoms with Crippen molar-refractivity contribution in [1.82, 2.24) is 24.5 Å². The van der Waals surface area contributed by atoms with Gasteiger partial charge in [-0.1, -0.05) is 24.4 Å². The lowest BCUT2D eigenvalue weighted by atomic mass is 10.2. The zero-order valence-corrected chi connectivity index (χ0v) is 13.7. The first-order chi connectivity index (χ1) is 11.6. The molecule has 0 saturated heterocycles. The maximum absolute atomic E-state index is 12.4. The quantitative estimate of drug-likeness (QED) is 0.784. The van der Waals surface area contributed by atoms with Crippen LogP contribution in [-0.2, 0) is 11.3 Å². The summed E-state index contributed by atoms with van der Waals surface area (Å²) in [6.45, 7) is -0.0912. The SMILES string of the molecule is O=C(Cn1nc2c3ccc(Cl)cc3ncn2c1=O)NC1CCCC1. The van der Waals surface area contributed by atoms with Crippen molar-refractivity contribution < 1.29 is 4.79 Å². The molecule has 1 aliphatic rings. The van der Waals surface area contributed by atoms with Crippen molar-refractivity contribution in [2.24, 2.45) is 0 Å². The molecule has 7 nitrogen and oxygen atoms in total. The maximum atomic E-state index is 12.4. The zero-order chi connectivity index (χ0) is 16.7. The molecule has 0 aliphatic heterocycles. The number of hydrogen-bond acceptors (Lipinski definition) is 4. The Balaban J connectivity index is 1.68. The highest BCUT2D eigenvalue weighted by atomic mass is 35.5. The minimum absolute atomic E-state index is 0.0912. The summed E-state index contributed by atoms with van der Waals surface area (Å²) >= 11 is 5.97. The van der Waals surface area contributed by atoms with Crippen LogP contribution in [0.15, 0.2) is 29.3 Å². The second-order valence-corrected chi connectivity index (χ2v) is 6.53. The van der Waals surface area contributed by atoms with Crippen molar-refractivity contribution in [3.63, 3.8) is 0 Å². The summed E-state index contributed by atoms with van der Waals surface area (Å²) in [4.78, 5) is 28.8. The summed E-state index contributed by atoms with van der Waals surface area (Å²) in [6, 6.07) is 5.43. The average Bonchev–Trinajstić information content (AvgIpc) is 3.16. The molecule has 4 rings (SSSR count). The van der Waals surface area contributed by atoms with E-state index in [1.165, 1.54) is 15.4 Å². The van der Waals surface area contributed by atoms with Gasteiger partial charge >= 0.3 is 5.69 Å². The molecule has 2 heterocycles. The Morgan fingerprint density at radius 1 is 1.33 bits per heavy atom. The van der Waals surface area contributed by atoms with Gasteiger partial charge in [0.2, 0.25) is 5.91 Å². The molecule has 1 saturated carbocycles. The van der Waals surface area contributed by atoms with E-state index in [2.05, 4.69) is 15.4 Å². The Morgan fingerprint density at radius 3 is 2.92 bits per heavy atom. The molecule has 1 amide bonds. The van der Waals surface area contributed by atoms with E-state index in [1.807, 2.05) is 0 Å². The molecule has 3 aromatic rings. The number of halogens is 1. The average molecular weight is 346 g/mol. The van der Waals surface area contributed by atoms with Gasteiger partial charge in [0, 0.05) is 16.5 Å². The Labute approximate surface area is 142 Å². The third kappa shape index (κ3) is 2.65. The zero-order valence-electron chi connectivity index (χ0n) is 12.9. The highest BCUT2D eigenvalue weighted by Gasteiger charge is 2.19. The number of rotatable bonds is 3. The molecular formula is C16H16ClN5O2.